The van der Waals surface area contributed by atoms with E-state index in [1.807, 2.05) is 0 Å². The summed E-state index contributed by atoms with van der Waals surface area (Å²) in [5.74, 6) is -1.49. The maximum atomic E-state index is 13.0. The number of phenolic OH excluding ortho intramolecular Hbond substituents is 1. The zero-order valence-electron chi connectivity index (χ0n) is 13.1. The Morgan fingerprint density at radius 2 is 1.92 bits per heavy atom. The Morgan fingerprint density at radius 3 is 2.46 bits per heavy atom. The molecule has 0 saturated heterocycles. The van der Waals surface area contributed by atoms with Gasteiger partial charge in [-0.2, -0.15) is 5.10 Å². The zero-order valence-corrected chi connectivity index (χ0v) is 13.1. The van der Waals surface area contributed by atoms with Gasteiger partial charge in [-0.1, -0.05) is 0 Å². The molecule has 2 rings (SSSR count). The monoisotopic (exact) mass is 376 g/mol. The molecule has 0 fully saturated rings. The fourth-order valence-corrected chi connectivity index (χ4v) is 2.09. The van der Waals surface area contributed by atoms with Gasteiger partial charge in [0.05, 0.1) is 10.6 Å². The summed E-state index contributed by atoms with van der Waals surface area (Å²) in [5.41, 5.74) is -2.57. The van der Waals surface area contributed by atoms with Crippen LogP contribution in [-0.2, 0) is 4.79 Å². The summed E-state index contributed by atoms with van der Waals surface area (Å²) in [6.07, 6.45) is -6.26. The number of anilines is 1. The Morgan fingerprint density at radius 1 is 1.27 bits per heavy atom. The average Bonchev–Trinajstić information content (AvgIpc) is 3.01. The second-order valence-electron chi connectivity index (χ2n) is 5.16. The average molecular weight is 376 g/mol. The second kappa shape index (κ2) is 7.37. The van der Waals surface area contributed by atoms with Crippen molar-refractivity contribution >= 4 is 17.3 Å². The van der Waals surface area contributed by atoms with Crippen LogP contribution in [-0.4, -0.2) is 25.7 Å². The molecule has 0 radical (unpaired) electrons. The molecule has 0 spiro atoms. The van der Waals surface area contributed by atoms with E-state index in [1.165, 1.54) is 0 Å². The number of hydrogen-bond acceptors (Lipinski definition) is 5. The van der Waals surface area contributed by atoms with Crippen LogP contribution in [0.15, 0.2) is 24.3 Å². The SMILES string of the molecule is CC(C(=O)Nc1cc([N+](=O)[O-])ccc1O)n1nc(C(F)F)cc1C(F)F. The predicted molar refractivity (Wildman–Crippen MR) is 80.2 cm³/mol. The molecule has 1 amide bonds. The third-order valence-corrected chi connectivity index (χ3v) is 3.43. The second-order valence-corrected chi connectivity index (χ2v) is 5.16. The van der Waals surface area contributed by atoms with E-state index in [4.69, 9.17) is 0 Å². The number of aromatic nitrogens is 2. The van der Waals surface area contributed by atoms with Gasteiger partial charge < -0.3 is 10.4 Å². The van der Waals surface area contributed by atoms with Crippen molar-refractivity contribution < 1.29 is 32.4 Å². The number of phenols is 1. The Labute approximate surface area is 143 Å². The molecule has 1 aromatic carbocycles. The van der Waals surface area contributed by atoms with Gasteiger partial charge in [0, 0.05) is 12.1 Å². The van der Waals surface area contributed by atoms with E-state index in [2.05, 4.69) is 10.4 Å². The van der Waals surface area contributed by atoms with Crippen molar-refractivity contribution in [2.75, 3.05) is 5.32 Å². The molecule has 1 heterocycles. The number of nitrogens with one attached hydrogen (secondary N) is 1. The Kier molecular flexibility index (Phi) is 5.43. The van der Waals surface area contributed by atoms with E-state index in [-0.39, 0.29) is 5.69 Å². The number of non-ortho nitro benzene ring substituents is 1. The third-order valence-electron chi connectivity index (χ3n) is 3.43. The highest BCUT2D eigenvalue weighted by Crippen LogP contribution is 2.30. The molecule has 12 heteroatoms. The van der Waals surface area contributed by atoms with Gasteiger partial charge in [-0.05, 0) is 19.1 Å². The maximum absolute atomic E-state index is 13.0. The van der Waals surface area contributed by atoms with Crippen LogP contribution in [0.25, 0.3) is 0 Å². The zero-order chi connectivity index (χ0) is 19.6. The number of nitro benzene ring substituents is 1. The fraction of sp³-hybridized carbons (Fsp3) is 0.286. The summed E-state index contributed by atoms with van der Waals surface area (Å²) in [7, 11) is 0. The number of alkyl halides is 4. The van der Waals surface area contributed by atoms with Gasteiger partial charge in [0.2, 0.25) is 5.91 Å². The van der Waals surface area contributed by atoms with E-state index >= 15 is 0 Å². The lowest BCUT2D eigenvalue weighted by Crippen LogP contribution is -2.26. The fourth-order valence-electron chi connectivity index (χ4n) is 2.09. The van der Waals surface area contributed by atoms with Crippen LogP contribution < -0.4 is 5.32 Å². The van der Waals surface area contributed by atoms with Gasteiger partial charge in [-0.25, -0.2) is 17.6 Å². The predicted octanol–water partition coefficient (Wildman–Crippen LogP) is 3.57. The summed E-state index contributed by atoms with van der Waals surface area (Å²) in [6.45, 7) is 1.12. The van der Waals surface area contributed by atoms with Crippen molar-refractivity contribution in [1.29, 1.82) is 0 Å². The number of carbonyl (C=O) groups is 1. The molecule has 0 aliphatic rings. The Hall–Kier alpha value is -3.18. The molecular formula is C14H12F4N4O4. The van der Waals surface area contributed by atoms with Crippen LogP contribution in [0.5, 0.6) is 5.75 Å². The first-order valence-corrected chi connectivity index (χ1v) is 7.05. The van der Waals surface area contributed by atoms with Crippen LogP contribution in [0.3, 0.4) is 0 Å². The molecular weight excluding hydrogens is 364 g/mol. The van der Waals surface area contributed by atoms with Gasteiger partial charge in [0.1, 0.15) is 23.2 Å². The van der Waals surface area contributed by atoms with Crippen molar-refractivity contribution in [3.63, 3.8) is 0 Å². The minimum Gasteiger partial charge on any atom is -0.506 e. The summed E-state index contributed by atoms with van der Waals surface area (Å²) in [6, 6.07) is 1.86. The lowest BCUT2D eigenvalue weighted by molar-refractivity contribution is -0.384. The molecule has 0 saturated carbocycles. The van der Waals surface area contributed by atoms with Crippen LogP contribution in [0.1, 0.15) is 37.2 Å². The van der Waals surface area contributed by atoms with Gasteiger partial charge in [0.15, 0.2) is 0 Å². The van der Waals surface area contributed by atoms with Gasteiger partial charge in [-0.3, -0.25) is 19.6 Å². The normalized spacial score (nSPS) is 12.4. The van der Waals surface area contributed by atoms with Crippen LogP contribution >= 0.6 is 0 Å². The summed E-state index contributed by atoms with van der Waals surface area (Å²) in [5, 5.41) is 25.8. The number of hydrogen-bond donors (Lipinski definition) is 2. The van der Waals surface area contributed by atoms with Crippen LogP contribution in [0.4, 0.5) is 28.9 Å². The highest BCUT2D eigenvalue weighted by molar-refractivity contribution is 5.95. The maximum Gasteiger partial charge on any atom is 0.282 e. The molecule has 1 aromatic heterocycles. The van der Waals surface area contributed by atoms with Gasteiger partial charge in [-0.15, -0.1) is 0 Å². The van der Waals surface area contributed by atoms with Crippen molar-refractivity contribution in [2.24, 2.45) is 0 Å². The lowest BCUT2D eigenvalue weighted by Gasteiger charge is -2.16. The van der Waals surface area contributed by atoms with E-state index in [1.54, 1.807) is 0 Å². The lowest BCUT2D eigenvalue weighted by atomic mass is 10.2. The van der Waals surface area contributed by atoms with E-state index < -0.39 is 52.5 Å². The quantitative estimate of drug-likeness (QED) is 0.347. The molecule has 2 N–H and O–H groups in total. The largest absolute Gasteiger partial charge is 0.506 e. The molecule has 140 valence electrons. The Balaban J connectivity index is 2.31. The number of amides is 1. The van der Waals surface area contributed by atoms with E-state index in [0.29, 0.717) is 10.7 Å². The number of nitro groups is 1. The minimum atomic E-state index is -3.16. The van der Waals surface area contributed by atoms with E-state index in [0.717, 1.165) is 25.1 Å². The third kappa shape index (κ3) is 3.90. The van der Waals surface area contributed by atoms with Crippen molar-refractivity contribution in [1.82, 2.24) is 9.78 Å². The summed E-state index contributed by atoms with van der Waals surface area (Å²) < 4.78 is 51.8. The van der Waals surface area contributed by atoms with Crippen LogP contribution in [0.2, 0.25) is 0 Å². The first-order chi connectivity index (χ1) is 12.1. The number of benzene rings is 1. The number of rotatable bonds is 6. The molecule has 1 atom stereocenters. The summed E-state index contributed by atoms with van der Waals surface area (Å²) >= 11 is 0. The number of aromatic hydroxyl groups is 1. The summed E-state index contributed by atoms with van der Waals surface area (Å²) in [4.78, 5) is 22.2. The molecule has 2 aromatic rings. The van der Waals surface area contributed by atoms with Crippen LogP contribution in [0, 0.1) is 10.1 Å². The highest BCUT2D eigenvalue weighted by atomic mass is 19.3. The highest BCUT2D eigenvalue weighted by Gasteiger charge is 2.27. The van der Waals surface area contributed by atoms with Gasteiger partial charge >= 0.3 is 0 Å². The number of nitrogens with zero attached hydrogens (tertiary/aromatic N) is 3. The molecule has 0 bridgehead atoms. The molecule has 0 aliphatic carbocycles. The smallest absolute Gasteiger partial charge is 0.282 e. The minimum absolute atomic E-state index is 0.337. The number of carbonyl (C=O) groups excluding carboxylic acids is 1. The Bertz CT molecular complexity index is 840. The standard InChI is InChI=1S/C14H12F4N4O4/c1-6(21-10(13(17)18)5-9(20-21)12(15)16)14(24)19-8-4-7(22(25)26)2-3-11(8)23/h2-6,12-13,23H,1H3,(H,19,24). The van der Waals surface area contributed by atoms with Gasteiger partial charge in [0.25, 0.3) is 18.5 Å². The van der Waals surface area contributed by atoms with Crippen molar-refractivity contribution in [2.45, 2.75) is 25.8 Å². The molecule has 26 heavy (non-hydrogen) atoms. The first-order valence-electron chi connectivity index (χ1n) is 7.05. The van der Waals surface area contributed by atoms with Crippen molar-refractivity contribution in [3.8, 4) is 5.75 Å². The molecule has 8 nitrogen and oxygen atoms in total. The number of halogens is 4. The topological polar surface area (TPSA) is 110 Å². The first kappa shape index (κ1) is 19.1. The van der Waals surface area contributed by atoms with Crippen molar-refractivity contribution in [3.05, 3.63) is 45.8 Å². The molecule has 1 unspecified atom stereocenters. The molecule has 0 aliphatic heterocycles. The van der Waals surface area contributed by atoms with E-state index in [9.17, 15) is 37.6 Å².